The number of imide groups is 1. The zero-order valence-electron chi connectivity index (χ0n) is 13.9. The summed E-state index contributed by atoms with van der Waals surface area (Å²) in [5.41, 5.74) is 0.791. The van der Waals surface area contributed by atoms with Crippen molar-refractivity contribution in [1.29, 1.82) is 0 Å². The van der Waals surface area contributed by atoms with Gasteiger partial charge in [0.15, 0.2) is 11.0 Å². The number of pyridine rings is 1. The number of carbonyl (C=O) groups excluding carboxylic acids is 2. The lowest BCUT2D eigenvalue weighted by molar-refractivity contribution is -0.124. The number of alkyl halides is 3. The van der Waals surface area contributed by atoms with Crippen molar-refractivity contribution in [2.24, 2.45) is 0 Å². The molecular weight excluding hydrogens is 385 g/mol. The van der Waals surface area contributed by atoms with Gasteiger partial charge in [0.05, 0.1) is 5.75 Å². The molecule has 1 aliphatic rings. The van der Waals surface area contributed by atoms with Gasteiger partial charge in [0.25, 0.3) is 0 Å². The van der Waals surface area contributed by atoms with Gasteiger partial charge in [-0.25, -0.2) is 4.79 Å². The smallest absolute Gasteiger partial charge is 0.329 e. The Hall–Kier alpha value is -2.63. The van der Waals surface area contributed by atoms with E-state index in [2.05, 4.69) is 15.2 Å². The molecule has 0 aromatic carbocycles. The number of rotatable bonds is 6. The molecule has 0 saturated heterocycles. The number of carbonyl (C=O) groups is 2. The van der Waals surface area contributed by atoms with Gasteiger partial charge in [-0.3, -0.25) is 19.7 Å². The van der Waals surface area contributed by atoms with E-state index in [1.54, 1.807) is 23.8 Å². The summed E-state index contributed by atoms with van der Waals surface area (Å²) in [6.07, 6.45) is 0.689. The van der Waals surface area contributed by atoms with Crippen LogP contribution < -0.4 is 10.6 Å². The lowest BCUT2D eigenvalue weighted by atomic mass is 10.3. The second-order valence-electron chi connectivity index (χ2n) is 5.78. The monoisotopic (exact) mass is 400 g/mol. The summed E-state index contributed by atoms with van der Waals surface area (Å²) in [4.78, 5) is 27.1. The fourth-order valence-electron chi connectivity index (χ4n) is 2.25. The minimum Gasteiger partial charge on any atom is -0.329 e. The maximum Gasteiger partial charge on any atom is 0.405 e. The van der Waals surface area contributed by atoms with Crippen molar-refractivity contribution in [3.8, 4) is 11.4 Å². The quantitative estimate of drug-likeness (QED) is 0.721. The van der Waals surface area contributed by atoms with Crippen LogP contribution in [-0.2, 0) is 4.79 Å². The Morgan fingerprint density at radius 2 is 2.07 bits per heavy atom. The Kier molecular flexibility index (Phi) is 5.63. The van der Waals surface area contributed by atoms with Gasteiger partial charge in [-0.15, -0.1) is 10.2 Å². The van der Waals surface area contributed by atoms with Gasteiger partial charge in [-0.05, 0) is 25.0 Å². The maximum atomic E-state index is 12.0. The first kappa shape index (κ1) is 19.1. The summed E-state index contributed by atoms with van der Waals surface area (Å²) in [6.45, 7) is -1.51. The van der Waals surface area contributed by atoms with Crippen LogP contribution >= 0.6 is 11.8 Å². The summed E-state index contributed by atoms with van der Waals surface area (Å²) >= 11 is 1.06. The van der Waals surface area contributed by atoms with E-state index in [4.69, 9.17) is 0 Å². The molecule has 0 spiro atoms. The Morgan fingerprint density at radius 1 is 1.30 bits per heavy atom. The summed E-state index contributed by atoms with van der Waals surface area (Å²) in [5, 5.41) is 12.2. The molecule has 2 aromatic rings. The second-order valence-corrected chi connectivity index (χ2v) is 6.73. The highest BCUT2D eigenvalue weighted by Gasteiger charge is 2.31. The molecule has 1 fully saturated rings. The van der Waals surface area contributed by atoms with Crippen LogP contribution in [0.5, 0.6) is 0 Å². The van der Waals surface area contributed by atoms with E-state index in [-0.39, 0.29) is 11.8 Å². The summed E-state index contributed by atoms with van der Waals surface area (Å²) < 4.78 is 38.0. The molecule has 1 aliphatic carbocycles. The van der Waals surface area contributed by atoms with Gasteiger partial charge in [0.1, 0.15) is 6.54 Å². The molecule has 2 aromatic heterocycles. The molecule has 2 heterocycles. The lowest BCUT2D eigenvalue weighted by Gasteiger charge is -2.10. The number of nitrogens with one attached hydrogen (secondary N) is 2. The molecule has 0 unspecified atom stereocenters. The third kappa shape index (κ3) is 5.42. The molecule has 0 radical (unpaired) electrons. The van der Waals surface area contributed by atoms with Crippen molar-refractivity contribution in [2.75, 3.05) is 12.3 Å². The summed E-state index contributed by atoms with van der Waals surface area (Å²) in [6, 6.07) is 2.66. The molecule has 27 heavy (non-hydrogen) atoms. The molecule has 0 aliphatic heterocycles. The Bertz CT molecular complexity index is 823. The number of nitrogens with zero attached hydrogens (tertiary/aromatic N) is 4. The first-order valence-corrected chi connectivity index (χ1v) is 8.94. The van der Waals surface area contributed by atoms with Crippen molar-refractivity contribution < 1.29 is 22.8 Å². The lowest BCUT2D eigenvalue weighted by Crippen LogP contribution is -2.43. The number of aromatic nitrogens is 4. The van der Waals surface area contributed by atoms with E-state index >= 15 is 0 Å². The molecule has 0 atom stereocenters. The zero-order valence-corrected chi connectivity index (χ0v) is 14.7. The average Bonchev–Trinajstić information content (AvgIpc) is 3.37. The number of hydrogen-bond acceptors (Lipinski definition) is 6. The van der Waals surface area contributed by atoms with Gasteiger partial charge in [0, 0.05) is 24.0 Å². The maximum absolute atomic E-state index is 12.0. The van der Waals surface area contributed by atoms with Gasteiger partial charge in [0.2, 0.25) is 5.91 Å². The molecule has 12 heteroatoms. The predicted octanol–water partition coefficient (Wildman–Crippen LogP) is 2.16. The van der Waals surface area contributed by atoms with E-state index < -0.39 is 24.7 Å². The Balaban J connectivity index is 1.59. The minimum absolute atomic E-state index is 0.183. The minimum atomic E-state index is -4.54. The molecule has 8 nitrogen and oxygen atoms in total. The standard InChI is InChI=1S/C15H15F3N6O2S/c16-15(17,18)8-20-13(26)21-11(25)7-27-14-23-22-12(24(14)10-3-4-10)9-2-1-5-19-6-9/h1-2,5-6,10H,3-4,7-8H2,(H2,20,21,25,26). The average molecular weight is 400 g/mol. The van der Waals surface area contributed by atoms with Gasteiger partial charge < -0.3 is 5.32 Å². The van der Waals surface area contributed by atoms with Gasteiger partial charge in [-0.1, -0.05) is 11.8 Å². The molecule has 144 valence electrons. The van der Waals surface area contributed by atoms with Crippen molar-refractivity contribution in [2.45, 2.75) is 30.2 Å². The number of urea groups is 1. The zero-order chi connectivity index (χ0) is 19.4. The third-order valence-corrected chi connectivity index (χ3v) is 4.47. The van der Waals surface area contributed by atoms with E-state index in [0.29, 0.717) is 11.0 Å². The van der Waals surface area contributed by atoms with Crippen LogP contribution in [0.15, 0.2) is 29.7 Å². The molecule has 2 N–H and O–H groups in total. The van der Waals surface area contributed by atoms with Crippen LogP contribution in [0.2, 0.25) is 0 Å². The topological polar surface area (TPSA) is 102 Å². The molecule has 1 saturated carbocycles. The van der Waals surface area contributed by atoms with Gasteiger partial charge in [-0.2, -0.15) is 13.2 Å². The van der Waals surface area contributed by atoms with Crippen molar-refractivity contribution >= 4 is 23.7 Å². The molecule has 3 rings (SSSR count). The first-order chi connectivity index (χ1) is 12.8. The molecule has 3 amide bonds. The fraction of sp³-hybridized carbons (Fsp3) is 0.400. The number of hydrogen-bond donors (Lipinski definition) is 2. The van der Waals surface area contributed by atoms with E-state index in [1.165, 1.54) is 0 Å². The third-order valence-electron chi connectivity index (χ3n) is 3.53. The van der Waals surface area contributed by atoms with E-state index in [1.807, 2.05) is 16.0 Å². The van der Waals surface area contributed by atoms with Crippen molar-refractivity contribution in [3.05, 3.63) is 24.5 Å². The van der Waals surface area contributed by atoms with Crippen LogP contribution in [-0.4, -0.2) is 50.2 Å². The summed E-state index contributed by atoms with van der Waals surface area (Å²) in [7, 11) is 0. The Labute approximate surface area is 155 Å². The highest BCUT2D eigenvalue weighted by atomic mass is 32.2. The van der Waals surface area contributed by atoms with E-state index in [0.717, 1.165) is 30.2 Å². The highest BCUT2D eigenvalue weighted by Crippen LogP contribution is 2.40. The largest absolute Gasteiger partial charge is 0.405 e. The number of amides is 3. The van der Waals surface area contributed by atoms with Crippen LogP contribution in [0, 0.1) is 0 Å². The molecular formula is C15H15F3N6O2S. The Morgan fingerprint density at radius 3 is 2.70 bits per heavy atom. The fourth-order valence-corrected chi connectivity index (χ4v) is 3.05. The van der Waals surface area contributed by atoms with Crippen molar-refractivity contribution in [3.63, 3.8) is 0 Å². The number of halogens is 3. The predicted molar refractivity (Wildman–Crippen MR) is 89.8 cm³/mol. The summed E-state index contributed by atoms with van der Waals surface area (Å²) in [5.74, 6) is -0.276. The van der Waals surface area contributed by atoms with Crippen molar-refractivity contribution in [1.82, 2.24) is 30.4 Å². The second kappa shape index (κ2) is 7.94. The molecule has 0 bridgehead atoms. The van der Waals surface area contributed by atoms with E-state index in [9.17, 15) is 22.8 Å². The van der Waals surface area contributed by atoms with Gasteiger partial charge >= 0.3 is 12.2 Å². The first-order valence-electron chi connectivity index (χ1n) is 7.96. The van der Waals surface area contributed by atoms with Crippen LogP contribution in [0.3, 0.4) is 0 Å². The van der Waals surface area contributed by atoms with Crippen LogP contribution in [0.25, 0.3) is 11.4 Å². The normalized spacial score (nSPS) is 14.0. The highest BCUT2D eigenvalue weighted by molar-refractivity contribution is 7.99. The van der Waals surface area contributed by atoms with Crippen LogP contribution in [0.1, 0.15) is 18.9 Å². The number of thioether (sulfide) groups is 1. The van der Waals surface area contributed by atoms with Crippen LogP contribution in [0.4, 0.5) is 18.0 Å². The SMILES string of the molecule is O=C(CSc1nnc(-c2cccnc2)n1C1CC1)NC(=O)NCC(F)(F)F.